The first kappa shape index (κ1) is 13.0. The highest BCUT2D eigenvalue weighted by Crippen LogP contribution is 2.14. The zero-order chi connectivity index (χ0) is 13.7. The van der Waals surface area contributed by atoms with Gasteiger partial charge >= 0.3 is 0 Å². The summed E-state index contributed by atoms with van der Waals surface area (Å²) in [5.41, 5.74) is 6.81. The Labute approximate surface area is 112 Å². The van der Waals surface area contributed by atoms with Gasteiger partial charge in [0.05, 0.1) is 0 Å². The Morgan fingerprint density at radius 1 is 0.895 bits per heavy atom. The SMILES string of the molecule is NC(=O)C(Cc1ccccc1)C(=O)c1ccccc1. The van der Waals surface area contributed by atoms with Crippen molar-refractivity contribution in [1.29, 1.82) is 0 Å². The molecular weight excluding hydrogens is 238 g/mol. The van der Waals surface area contributed by atoms with Crippen LogP contribution in [0.2, 0.25) is 0 Å². The Morgan fingerprint density at radius 3 is 1.95 bits per heavy atom. The van der Waals surface area contributed by atoms with Gasteiger partial charge in [0.1, 0.15) is 5.92 Å². The highest BCUT2D eigenvalue weighted by Gasteiger charge is 2.25. The van der Waals surface area contributed by atoms with Crippen LogP contribution in [0.3, 0.4) is 0 Å². The standard InChI is InChI=1S/C16H15NO2/c17-16(19)14(11-12-7-3-1-4-8-12)15(18)13-9-5-2-6-10-13/h1-10,14H,11H2,(H2,17,19). The molecule has 2 aromatic rings. The van der Waals surface area contributed by atoms with Gasteiger partial charge in [-0.2, -0.15) is 0 Å². The Kier molecular flexibility index (Phi) is 4.08. The molecule has 0 saturated heterocycles. The number of benzene rings is 2. The maximum atomic E-state index is 12.3. The third-order valence-electron chi connectivity index (χ3n) is 3.00. The number of rotatable bonds is 5. The van der Waals surface area contributed by atoms with Crippen molar-refractivity contribution in [3.63, 3.8) is 0 Å². The van der Waals surface area contributed by atoms with Gasteiger partial charge in [0.25, 0.3) is 0 Å². The van der Waals surface area contributed by atoms with Crippen LogP contribution in [0.5, 0.6) is 0 Å². The lowest BCUT2D eigenvalue weighted by Crippen LogP contribution is -2.32. The molecule has 2 N–H and O–H groups in total. The maximum absolute atomic E-state index is 12.3. The molecule has 0 aromatic heterocycles. The molecule has 1 unspecified atom stereocenters. The van der Waals surface area contributed by atoms with Crippen molar-refractivity contribution in [3.05, 3.63) is 71.8 Å². The van der Waals surface area contributed by atoms with Crippen LogP contribution >= 0.6 is 0 Å². The van der Waals surface area contributed by atoms with Gasteiger partial charge in [-0.15, -0.1) is 0 Å². The third-order valence-corrected chi connectivity index (χ3v) is 3.00. The van der Waals surface area contributed by atoms with E-state index in [4.69, 9.17) is 5.73 Å². The number of hydrogen-bond donors (Lipinski definition) is 1. The van der Waals surface area contributed by atoms with Crippen molar-refractivity contribution in [2.24, 2.45) is 11.7 Å². The van der Waals surface area contributed by atoms with Gasteiger partial charge in [0.15, 0.2) is 5.78 Å². The molecule has 1 atom stereocenters. The molecule has 96 valence electrons. The van der Waals surface area contributed by atoms with Crippen molar-refractivity contribution in [3.8, 4) is 0 Å². The first-order valence-electron chi connectivity index (χ1n) is 6.11. The van der Waals surface area contributed by atoms with E-state index in [0.29, 0.717) is 12.0 Å². The summed E-state index contributed by atoms with van der Waals surface area (Å²) in [6.07, 6.45) is 0.337. The molecule has 0 aliphatic rings. The molecule has 1 amide bonds. The minimum Gasteiger partial charge on any atom is -0.369 e. The summed E-state index contributed by atoms with van der Waals surface area (Å²) < 4.78 is 0. The largest absolute Gasteiger partial charge is 0.369 e. The number of Topliss-reactive ketones (excluding diaryl/α,β-unsaturated/α-hetero) is 1. The summed E-state index contributed by atoms with van der Waals surface area (Å²) in [6, 6.07) is 18.2. The average molecular weight is 253 g/mol. The fourth-order valence-electron chi connectivity index (χ4n) is 1.98. The highest BCUT2D eigenvalue weighted by atomic mass is 16.2. The van der Waals surface area contributed by atoms with Crippen molar-refractivity contribution >= 4 is 11.7 Å². The summed E-state index contributed by atoms with van der Waals surface area (Å²) in [4.78, 5) is 23.8. The van der Waals surface area contributed by atoms with Crippen LogP contribution in [0, 0.1) is 5.92 Å². The first-order chi connectivity index (χ1) is 9.18. The van der Waals surface area contributed by atoms with E-state index in [1.807, 2.05) is 36.4 Å². The minimum atomic E-state index is -0.815. The van der Waals surface area contributed by atoms with Gasteiger partial charge < -0.3 is 5.73 Å². The Morgan fingerprint density at radius 2 is 1.42 bits per heavy atom. The van der Waals surface area contributed by atoms with Gasteiger partial charge in [0.2, 0.25) is 5.91 Å². The molecule has 0 bridgehead atoms. The smallest absolute Gasteiger partial charge is 0.228 e. The first-order valence-corrected chi connectivity index (χ1v) is 6.11. The van der Waals surface area contributed by atoms with Crippen LogP contribution in [0.15, 0.2) is 60.7 Å². The second kappa shape index (κ2) is 5.96. The number of carbonyl (C=O) groups is 2. The zero-order valence-corrected chi connectivity index (χ0v) is 10.5. The van der Waals surface area contributed by atoms with E-state index >= 15 is 0 Å². The predicted molar refractivity (Wildman–Crippen MR) is 73.6 cm³/mol. The lowest BCUT2D eigenvalue weighted by Gasteiger charge is -2.12. The molecule has 19 heavy (non-hydrogen) atoms. The molecular formula is C16H15NO2. The van der Waals surface area contributed by atoms with E-state index in [-0.39, 0.29) is 5.78 Å². The van der Waals surface area contributed by atoms with Gasteiger partial charge in [-0.25, -0.2) is 0 Å². The number of nitrogens with two attached hydrogens (primary N) is 1. The second-order valence-corrected chi connectivity index (χ2v) is 4.37. The van der Waals surface area contributed by atoms with Crippen LogP contribution in [-0.4, -0.2) is 11.7 Å². The lowest BCUT2D eigenvalue weighted by atomic mass is 9.91. The van der Waals surface area contributed by atoms with Gasteiger partial charge in [-0.3, -0.25) is 9.59 Å². The van der Waals surface area contributed by atoms with E-state index in [0.717, 1.165) is 5.56 Å². The van der Waals surface area contributed by atoms with E-state index in [2.05, 4.69) is 0 Å². The number of carbonyl (C=O) groups excluding carboxylic acids is 2. The molecule has 0 aliphatic heterocycles. The number of ketones is 1. The quantitative estimate of drug-likeness (QED) is 0.656. The zero-order valence-electron chi connectivity index (χ0n) is 10.5. The monoisotopic (exact) mass is 253 g/mol. The molecule has 0 spiro atoms. The molecule has 0 aliphatic carbocycles. The molecule has 2 rings (SSSR count). The van der Waals surface area contributed by atoms with Crippen LogP contribution in [-0.2, 0) is 11.2 Å². The normalized spacial score (nSPS) is 11.8. The van der Waals surface area contributed by atoms with Crippen molar-refractivity contribution in [1.82, 2.24) is 0 Å². The van der Waals surface area contributed by atoms with Crippen molar-refractivity contribution < 1.29 is 9.59 Å². The lowest BCUT2D eigenvalue weighted by molar-refractivity contribution is -0.120. The molecule has 0 heterocycles. The topological polar surface area (TPSA) is 60.2 Å². The van der Waals surface area contributed by atoms with Crippen LogP contribution < -0.4 is 5.73 Å². The molecule has 0 radical (unpaired) electrons. The minimum absolute atomic E-state index is 0.225. The molecule has 2 aromatic carbocycles. The fourth-order valence-corrected chi connectivity index (χ4v) is 1.98. The van der Waals surface area contributed by atoms with E-state index in [1.54, 1.807) is 24.3 Å². The van der Waals surface area contributed by atoms with Crippen molar-refractivity contribution in [2.45, 2.75) is 6.42 Å². The molecule has 0 fully saturated rings. The van der Waals surface area contributed by atoms with Gasteiger partial charge in [-0.1, -0.05) is 60.7 Å². The summed E-state index contributed by atoms with van der Waals surface area (Å²) in [7, 11) is 0. The molecule has 3 heteroatoms. The molecule has 0 saturated carbocycles. The Balaban J connectivity index is 2.22. The highest BCUT2D eigenvalue weighted by molar-refractivity contribution is 6.09. The predicted octanol–water partition coefficient (Wildman–Crippen LogP) is 2.21. The van der Waals surface area contributed by atoms with Crippen LogP contribution in [0.1, 0.15) is 15.9 Å². The van der Waals surface area contributed by atoms with E-state index in [1.165, 1.54) is 0 Å². The molecule has 3 nitrogen and oxygen atoms in total. The number of primary amides is 1. The Hall–Kier alpha value is -2.42. The summed E-state index contributed by atoms with van der Waals surface area (Å²) in [5, 5.41) is 0. The summed E-state index contributed by atoms with van der Waals surface area (Å²) in [5.74, 6) is -1.63. The van der Waals surface area contributed by atoms with Gasteiger partial charge in [-0.05, 0) is 12.0 Å². The van der Waals surface area contributed by atoms with E-state index < -0.39 is 11.8 Å². The fraction of sp³-hybridized carbons (Fsp3) is 0.125. The number of hydrogen-bond acceptors (Lipinski definition) is 2. The average Bonchev–Trinajstić information content (AvgIpc) is 2.46. The number of amides is 1. The maximum Gasteiger partial charge on any atom is 0.228 e. The van der Waals surface area contributed by atoms with Crippen molar-refractivity contribution in [2.75, 3.05) is 0 Å². The van der Waals surface area contributed by atoms with Crippen LogP contribution in [0.4, 0.5) is 0 Å². The van der Waals surface area contributed by atoms with Gasteiger partial charge in [0, 0.05) is 5.56 Å². The van der Waals surface area contributed by atoms with Crippen LogP contribution in [0.25, 0.3) is 0 Å². The second-order valence-electron chi connectivity index (χ2n) is 4.37. The summed E-state index contributed by atoms with van der Waals surface area (Å²) in [6.45, 7) is 0. The van der Waals surface area contributed by atoms with E-state index in [9.17, 15) is 9.59 Å². The third kappa shape index (κ3) is 3.28. The summed E-state index contributed by atoms with van der Waals surface area (Å²) >= 11 is 0. The Bertz CT molecular complexity index is 564.